The molecule has 0 saturated heterocycles. The highest BCUT2D eigenvalue weighted by molar-refractivity contribution is 5.93. The van der Waals surface area contributed by atoms with Crippen molar-refractivity contribution in [1.29, 1.82) is 0 Å². The molecular formula is C10H16O2. The first-order chi connectivity index (χ1) is 5.38. The highest BCUT2D eigenvalue weighted by Crippen LogP contribution is 2.59. The molecule has 2 aliphatic carbocycles. The highest BCUT2D eigenvalue weighted by atomic mass is 16.3. The summed E-state index contributed by atoms with van der Waals surface area (Å²) in [6, 6.07) is 0. The van der Waals surface area contributed by atoms with Crippen molar-refractivity contribution in [1.82, 2.24) is 0 Å². The molecule has 0 aliphatic heterocycles. The molecule has 0 aromatic rings. The van der Waals surface area contributed by atoms with Gasteiger partial charge in [0.25, 0.3) is 0 Å². The van der Waals surface area contributed by atoms with Crippen molar-refractivity contribution in [3.8, 4) is 0 Å². The lowest BCUT2D eigenvalue weighted by Gasteiger charge is -2.34. The van der Waals surface area contributed by atoms with Crippen LogP contribution in [0.5, 0.6) is 0 Å². The van der Waals surface area contributed by atoms with E-state index >= 15 is 0 Å². The quantitative estimate of drug-likeness (QED) is 0.593. The first-order valence-corrected chi connectivity index (χ1v) is 4.61. The molecular weight excluding hydrogens is 152 g/mol. The van der Waals surface area contributed by atoms with Crippen LogP contribution in [0.3, 0.4) is 0 Å². The molecule has 3 unspecified atom stereocenters. The van der Waals surface area contributed by atoms with Crippen LogP contribution in [0, 0.1) is 16.7 Å². The molecule has 0 heterocycles. The van der Waals surface area contributed by atoms with Crippen molar-refractivity contribution in [2.75, 3.05) is 0 Å². The normalized spacial score (nSPS) is 50.2. The van der Waals surface area contributed by atoms with E-state index in [1.807, 2.05) is 20.8 Å². The summed E-state index contributed by atoms with van der Waals surface area (Å²) < 4.78 is 0. The van der Waals surface area contributed by atoms with Gasteiger partial charge in [0.2, 0.25) is 0 Å². The number of Topliss-reactive ketones (excluding diaryl/α,β-unsaturated/α-hetero) is 1. The summed E-state index contributed by atoms with van der Waals surface area (Å²) >= 11 is 0. The molecule has 0 amide bonds. The largest absolute Gasteiger partial charge is 0.393 e. The Bertz CT molecular complexity index is 237. The number of ketones is 1. The van der Waals surface area contributed by atoms with Gasteiger partial charge in [-0.2, -0.15) is 0 Å². The molecule has 0 spiro atoms. The van der Waals surface area contributed by atoms with Gasteiger partial charge in [-0.1, -0.05) is 20.8 Å². The van der Waals surface area contributed by atoms with Crippen LogP contribution in [-0.4, -0.2) is 17.0 Å². The number of fused-ring (bicyclic) bond motifs is 2. The second kappa shape index (κ2) is 1.92. The number of aliphatic hydroxyl groups is 1. The zero-order valence-electron chi connectivity index (χ0n) is 7.92. The lowest BCUT2D eigenvalue weighted by molar-refractivity contribution is -0.138. The van der Waals surface area contributed by atoms with E-state index in [-0.39, 0.29) is 22.9 Å². The van der Waals surface area contributed by atoms with Crippen LogP contribution < -0.4 is 0 Å². The summed E-state index contributed by atoms with van der Waals surface area (Å²) in [6.07, 6.45) is 1.32. The molecule has 12 heavy (non-hydrogen) atoms. The number of hydrogen-bond donors (Lipinski definition) is 1. The topological polar surface area (TPSA) is 37.3 Å². The van der Waals surface area contributed by atoms with Gasteiger partial charge in [-0.15, -0.1) is 0 Å². The van der Waals surface area contributed by atoms with Crippen molar-refractivity contribution in [3.63, 3.8) is 0 Å². The Morgan fingerprint density at radius 1 is 1.33 bits per heavy atom. The molecule has 2 rings (SSSR count). The molecule has 2 aliphatic rings. The number of aliphatic hydroxyl groups excluding tert-OH is 1. The molecule has 68 valence electrons. The standard InChI is InChI=1S/C10H16O2/c1-9(2)6-4-10(3,8(9)12)5-7(6)11/h6-7,11H,4-5H2,1-3H3. The maximum atomic E-state index is 11.8. The van der Waals surface area contributed by atoms with E-state index in [2.05, 4.69) is 0 Å². The fourth-order valence-electron chi connectivity index (χ4n) is 3.18. The molecule has 0 aromatic carbocycles. The van der Waals surface area contributed by atoms with Crippen LogP contribution in [0.15, 0.2) is 0 Å². The highest BCUT2D eigenvalue weighted by Gasteiger charge is 2.62. The minimum Gasteiger partial charge on any atom is -0.393 e. The van der Waals surface area contributed by atoms with E-state index in [0.717, 1.165) is 6.42 Å². The second-order valence-corrected chi connectivity index (χ2v) is 5.19. The Hall–Kier alpha value is -0.370. The van der Waals surface area contributed by atoms with E-state index < -0.39 is 0 Å². The minimum absolute atomic E-state index is 0.204. The molecule has 0 aromatic heterocycles. The Morgan fingerprint density at radius 2 is 1.92 bits per heavy atom. The zero-order chi connectivity index (χ0) is 9.15. The number of carbonyl (C=O) groups is 1. The molecule has 1 N–H and O–H groups in total. The third-order valence-corrected chi connectivity index (χ3v) is 3.85. The summed E-state index contributed by atoms with van der Waals surface area (Å²) in [5, 5.41) is 9.69. The molecule has 3 atom stereocenters. The van der Waals surface area contributed by atoms with Crippen LogP contribution >= 0.6 is 0 Å². The molecule has 2 bridgehead atoms. The maximum Gasteiger partial charge on any atom is 0.144 e. The summed E-state index contributed by atoms with van der Waals surface area (Å²) in [6.45, 7) is 5.93. The molecule has 2 fully saturated rings. The van der Waals surface area contributed by atoms with Gasteiger partial charge in [-0.3, -0.25) is 4.79 Å². The van der Waals surface area contributed by atoms with E-state index in [1.54, 1.807) is 0 Å². The van der Waals surface area contributed by atoms with E-state index in [4.69, 9.17) is 0 Å². The lowest BCUT2D eigenvalue weighted by Crippen LogP contribution is -2.41. The van der Waals surface area contributed by atoms with Gasteiger partial charge in [-0.05, 0) is 18.8 Å². The van der Waals surface area contributed by atoms with Crippen LogP contribution in [0.2, 0.25) is 0 Å². The van der Waals surface area contributed by atoms with Gasteiger partial charge in [0.05, 0.1) is 6.10 Å². The van der Waals surface area contributed by atoms with Crippen molar-refractivity contribution in [2.24, 2.45) is 16.7 Å². The zero-order valence-corrected chi connectivity index (χ0v) is 7.92. The van der Waals surface area contributed by atoms with Gasteiger partial charge in [-0.25, -0.2) is 0 Å². The average molecular weight is 168 g/mol. The number of carbonyl (C=O) groups excluding carboxylic acids is 1. The predicted molar refractivity (Wildman–Crippen MR) is 45.6 cm³/mol. The monoisotopic (exact) mass is 168 g/mol. The second-order valence-electron chi connectivity index (χ2n) is 5.19. The van der Waals surface area contributed by atoms with Crippen molar-refractivity contribution in [3.05, 3.63) is 0 Å². The van der Waals surface area contributed by atoms with Crippen LogP contribution in [0.25, 0.3) is 0 Å². The summed E-state index contributed by atoms with van der Waals surface area (Å²) in [5.74, 6) is 0.556. The predicted octanol–water partition coefficient (Wildman–Crippen LogP) is 1.37. The van der Waals surface area contributed by atoms with Crippen LogP contribution in [0.4, 0.5) is 0 Å². The summed E-state index contributed by atoms with van der Waals surface area (Å²) in [4.78, 5) is 11.8. The molecule has 0 radical (unpaired) electrons. The third kappa shape index (κ3) is 0.717. The lowest BCUT2D eigenvalue weighted by atomic mass is 9.70. The number of rotatable bonds is 0. The smallest absolute Gasteiger partial charge is 0.144 e. The van der Waals surface area contributed by atoms with Crippen molar-refractivity contribution in [2.45, 2.75) is 39.7 Å². The fraction of sp³-hybridized carbons (Fsp3) is 0.900. The average Bonchev–Trinajstić information content (AvgIpc) is 2.32. The summed E-state index contributed by atoms with van der Waals surface area (Å²) in [5.41, 5.74) is -0.500. The van der Waals surface area contributed by atoms with E-state index in [9.17, 15) is 9.90 Å². The Kier molecular flexibility index (Phi) is 1.32. The fourth-order valence-corrected chi connectivity index (χ4v) is 3.18. The van der Waals surface area contributed by atoms with Crippen LogP contribution in [0.1, 0.15) is 33.6 Å². The maximum absolute atomic E-state index is 11.8. The Morgan fingerprint density at radius 3 is 2.25 bits per heavy atom. The minimum atomic E-state index is -0.285. The first kappa shape index (κ1) is 8.24. The number of hydrogen-bond acceptors (Lipinski definition) is 2. The third-order valence-electron chi connectivity index (χ3n) is 3.85. The van der Waals surface area contributed by atoms with Gasteiger partial charge in [0, 0.05) is 10.8 Å². The first-order valence-electron chi connectivity index (χ1n) is 4.61. The summed E-state index contributed by atoms with van der Waals surface area (Å²) in [7, 11) is 0. The Balaban J connectivity index is 2.43. The molecule has 2 heteroatoms. The van der Waals surface area contributed by atoms with Gasteiger partial charge in [0.1, 0.15) is 5.78 Å². The SMILES string of the molecule is CC12CC(O)C(C1)C(C)(C)C2=O. The Labute approximate surface area is 73.0 Å². The van der Waals surface area contributed by atoms with Gasteiger partial charge < -0.3 is 5.11 Å². The van der Waals surface area contributed by atoms with Crippen molar-refractivity contribution < 1.29 is 9.90 Å². The van der Waals surface area contributed by atoms with Crippen LogP contribution in [-0.2, 0) is 4.79 Å². The molecule has 2 nitrogen and oxygen atoms in total. The van der Waals surface area contributed by atoms with Gasteiger partial charge in [0.15, 0.2) is 0 Å². The van der Waals surface area contributed by atoms with E-state index in [0.29, 0.717) is 12.2 Å². The van der Waals surface area contributed by atoms with Gasteiger partial charge >= 0.3 is 0 Å². The molecule has 2 saturated carbocycles. The van der Waals surface area contributed by atoms with Crippen molar-refractivity contribution >= 4 is 5.78 Å². The van der Waals surface area contributed by atoms with E-state index in [1.165, 1.54) is 0 Å².